The topological polar surface area (TPSA) is 38.0 Å². The van der Waals surface area contributed by atoms with Gasteiger partial charge in [0.2, 0.25) is 5.88 Å². The van der Waals surface area contributed by atoms with Gasteiger partial charge in [-0.15, -0.1) is 0 Å². The van der Waals surface area contributed by atoms with Crippen LogP contribution < -0.4 is 0 Å². The third-order valence-corrected chi connectivity index (χ3v) is 2.40. The van der Waals surface area contributed by atoms with Crippen molar-refractivity contribution in [2.45, 2.75) is 53.0 Å². The molecule has 0 fully saturated rings. The molecule has 0 radical (unpaired) electrons. The van der Waals surface area contributed by atoms with E-state index < -0.39 is 0 Å². The number of aromatic nitrogens is 2. The van der Waals surface area contributed by atoms with E-state index in [2.05, 4.69) is 25.9 Å². The average molecular weight is 196 g/mol. The van der Waals surface area contributed by atoms with E-state index in [1.165, 1.54) is 0 Å². The Hall–Kier alpha value is -0.990. The maximum absolute atomic E-state index is 9.89. The van der Waals surface area contributed by atoms with Gasteiger partial charge in [0, 0.05) is 12.1 Å². The van der Waals surface area contributed by atoms with Crippen molar-refractivity contribution in [3.8, 4) is 5.88 Å². The van der Waals surface area contributed by atoms with Crippen LogP contribution in [0.5, 0.6) is 5.88 Å². The summed E-state index contributed by atoms with van der Waals surface area (Å²) in [5, 5.41) is 14.3. The van der Waals surface area contributed by atoms with Crippen molar-refractivity contribution >= 4 is 0 Å². The minimum atomic E-state index is 0.359. The van der Waals surface area contributed by atoms with Crippen molar-refractivity contribution in [1.29, 1.82) is 0 Å². The van der Waals surface area contributed by atoms with E-state index in [1.54, 1.807) is 4.68 Å². The summed E-state index contributed by atoms with van der Waals surface area (Å²) < 4.78 is 1.68. The summed E-state index contributed by atoms with van der Waals surface area (Å²) in [4.78, 5) is 0. The van der Waals surface area contributed by atoms with Crippen LogP contribution in [-0.4, -0.2) is 14.9 Å². The first-order valence-corrected chi connectivity index (χ1v) is 5.40. The molecule has 80 valence electrons. The highest BCUT2D eigenvalue weighted by Gasteiger charge is 2.17. The van der Waals surface area contributed by atoms with Gasteiger partial charge in [-0.05, 0) is 19.3 Å². The first-order valence-electron chi connectivity index (χ1n) is 5.40. The van der Waals surface area contributed by atoms with Crippen molar-refractivity contribution in [3.05, 3.63) is 11.3 Å². The lowest BCUT2D eigenvalue weighted by Gasteiger charge is -2.03. The molecule has 0 aliphatic rings. The minimum Gasteiger partial charge on any atom is -0.493 e. The predicted octanol–water partition coefficient (Wildman–Crippen LogP) is 2.68. The SMILES string of the molecule is CCCc1c(C(C)C)nn(CC)c1O. The van der Waals surface area contributed by atoms with Crippen LogP contribution in [0, 0.1) is 0 Å². The molecule has 0 atom stereocenters. The van der Waals surface area contributed by atoms with Gasteiger partial charge in [0.25, 0.3) is 0 Å². The smallest absolute Gasteiger partial charge is 0.212 e. The van der Waals surface area contributed by atoms with Gasteiger partial charge in [0.15, 0.2) is 0 Å². The number of rotatable bonds is 4. The molecule has 0 aliphatic heterocycles. The van der Waals surface area contributed by atoms with Gasteiger partial charge in [0.1, 0.15) is 0 Å². The van der Waals surface area contributed by atoms with Gasteiger partial charge in [-0.1, -0.05) is 27.2 Å². The van der Waals surface area contributed by atoms with Crippen LogP contribution in [-0.2, 0) is 13.0 Å². The molecule has 1 rings (SSSR count). The Bertz CT molecular complexity index is 302. The summed E-state index contributed by atoms with van der Waals surface area (Å²) in [6.07, 6.45) is 1.96. The zero-order valence-electron chi connectivity index (χ0n) is 9.54. The van der Waals surface area contributed by atoms with Gasteiger partial charge >= 0.3 is 0 Å². The molecule has 1 N–H and O–H groups in total. The van der Waals surface area contributed by atoms with E-state index in [0.29, 0.717) is 11.8 Å². The van der Waals surface area contributed by atoms with E-state index in [-0.39, 0.29) is 0 Å². The molecule has 0 saturated heterocycles. The zero-order chi connectivity index (χ0) is 10.7. The second kappa shape index (κ2) is 4.49. The van der Waals surface area contributed by atoms with Crippen LogP contribution in [0.15, 0.2) is 0 Å². The van der Waals surface area contributed by atoms with Gasteiger partial charge in [0.05, 0.1) is 5.69 Å². The summed E-state index contributed by atoms with van der Waals surface area (Å²) in [5.41, 5.74) is 2.08. The number of nitrogens with zero attached hydrogens (tertiary/aromatic N) is 2. The highest BCUT2D eigenvalue weighted by atomic mass is 16.3. The normalized spacial score (nSPS) is 11.2. The number of hydrogen-bond donors (Lipinski definition) is 1. The standard InChI is InChI=1S/C11H20N2O/c1-5-7-9-10(8(3)4)12-13(6-2)11(9)14/h8,14H,5-7H2,1-4H3. The second-order valence-corrected chi connectivity index (χ2v) is 3.91. The molecule has 0 spiro atoms. The fourth-order valence-electron chi connectivity index (χ4n) is 1.68. The van der Waals surface area contributed by atoms with Crippen molar-refractivity contribution < 1.29 is 5.11 Å². The van der Waals surface area contributed by atoms with E-state index in [1.807, 2.05) is 6.92 Å². The highest BCUT2D eigenvalue weighted by molar-refractivity contribution is 5.32. The number of hydrogen-bond acceptors (Lipinski definition) is 2. The maximum atomic E-state index is 9.89. The average Bonchev–Trinajstić information content (AvgIpc) is 2.45. The molecule has 0 amide bonds. The molecule has 1 aromatic rings. The Morgan fingerprint density at radius 2 is 2.00 bits per heavy atom. The molecule has 3 nitrogen and oxygen atoms in total. The van der Waals surface area contributed by atoms with Crippen LogP contribution in [0.25, 0.3) is 0 Å². The van der Waals surface area contributed by atoms with E-state index in [0.717, 1.165) is 30.6 Å². The quantitative estimate of drug-likeness (QED) is 0.804. The Balaban J connectivity index is 3.13. The van der Waals surface area contributed by atoms with Crippen molar-refractivity contribution in [3.63, 3.8) is 0 Å². The lowest BCUT2D eigenvalue weighted by Crippen LogP contribution is -1.97. The second-order valence-electron chi connectivity index (χ2n) is 3.91. The third kappa shape index (κ3) is 1.91. The molecule has 14 heavy (non-hydrogen) atoms. The van der Waals surface area contributed by atoms with Crippen LogP contribution in [0.4, 0.5) is 0 Å². The molecular weight excluding hydrogens is 176 g/mol. The molecule has 0 aromatic carbocycles. The Kier molecular flexibility index (Phi) is 3.55. The summed E-state index contributed by atoms with van der Waals surface area (Å²) >= 11 is 0. The molecule has 0 unspecified atom stereocenters. The van der Waals surface area contributed by atoms with Gasteiger partial charge in [-0.3, -0.25) is 0 Å². The minimum absolute atomic E-state index is 0.359. The van der Waals surface area contributed by atoms with Crippen molar-refractivity contribution in [2.24, 2.45) is 0 Å². The monoisotopic (exact) mass is 196 g/mol. The lowest BCUT2D eigenvalue weighted by molar-refractivity contribution is 0.400. The molecule has 0 bridgehead atoms. The molecule has 3 heteroatoms. The largest absolute Gasteiger partial charge is 0.493 e. The lowest BCUT2D eigenvalue weighted by atomic mass is 10.0. The summed E-state index contributed by atoms with van der Waals surface area (Å²) in [6, 6.07) is 0. The molecule has 0 aliphatic carbocycles. The third-order valence-electron chi connectivity index (χ3n) is 2.40. The molecule has 1 heterocycles. The van der Waals surface area contributed by atoms with Gasteiger partial charge in [-0.2, -0.15) is 5.10 Å². The summed E-state index contributed by atoms with van der Waals surface area (Å²) in [7, 11) is 0. The maximum Gasteiger partial charge on any atom is 0.212 e. The fraction of sp³-hybridized carbons (Fsp3) is 0.727. The highest BCUT2D eigenvalue weighted by Crippen LogP contribution is 2.27. The van der Waals surface area contributed by atoms with Crippen molar-refractivity contribution in [1.82, 2.24) is 9.78 Å². The van der Waals surface area contributed by atoms with Crippen LogP contribution in [0.1, 0.15) is 51.3 Å². The van der Waals surface area contributed by atoms with Crippen LogP contribution in [0.3, 0.4) is 0 Å². The summed E-state index contributed by atoms with van der Waals surface area (Å²) in [5.74, 6) is 0.744. The Morgan fingerprint density at radius 1 is 1.36 bits per heavy atom. The van der Waals surface area contributed by atoms with E-state index in [4.69, 9.17) is 0 Å². The molecular formula is C11H20N2O. The summed E-state index contributed by atoms with van der Waals surface area (Å²) in [6.45, 7) is 9.07. The number of aromatic hydroxyl groups is 1. The Morgan fingerprint density at radius 3 is 2.43 bits per heavy atom. The Labute approximate surface area is 85.8 Å². The van der Waals surface area contributed by atoms with Gasteiger partial charge < -0.3 is 5.11 Å². The fourth-order valence-corrected chi connectivity index (χ4v) is 1.68. The first kappa shape index (κ1) is 11.1. The van der Waals surface area contributed by atoms with Crippen molar-refractivity contribution in [2.75, 3.05) is 0 Å². The first-order chi connectivity index (χ1) is 6.61. The van der Waals surface area contributed by atoms with Crippen LogP contribution >= 0.6 is 0 Å². The number of aryl methyl sites for hydroxylation is 1. The van der Waals surface area contributed by atoms with Crippen LogP contribution in [0.2, 0.25) is 0 Å². The molecule has 0 saturated carbocycles. The molecule has 1 aromatic heterocycles. The zero-order valence-corrected chi connectivity index (χ0v) is 9.54. The predicted molar refractivity (Wildman–Crippen MR) is 57.6 cm³/mol. The van der Waals surface area contributed by atoms with Gasteiger partial charge in [-0.25, -0.2) is 4.68 Å². The van der Waals surface area contributed by atoms with E-state index in [9.17, 15) is 5.11 Å². The van der Waals surface area contributed by atoms with E-state index >= 15 is 0 Å².